The summed E-state index contributed by atoms with van der Waals surface area (Å²) in [4.78, 5) is 0. The van der Waals surface area contributed by atoms with Gasteiger partial charge in [0, 0.05) is 18.8 Å². The first kappa shape index (κ1) is 14.3. The van der Waals surface area contributed by atoms with E-state index in [2.05, 4.69) is 43.2 Å². The molecule has 1 unspecified atom stereocenters. The Hall–Kier alpha value is -1.61. The van der Waals surface area contributed by atoms with E-state index >= 15 is 0 Å². The van der Waals surface area contributed by atoms with Crippen LogP contribution in [0.25, 0.3) is 0 Å². The molecule has 0 bridgehead atoms. The summed E-state index contributed by atoms with van der Waals surface area (Å²) in [5.41, 5.74) is 12.8. The average molecular weight is 283 g/mol. The first-order chi connectivity index (χ1) is 10.1. The van der Waals surface area contributed by atoms with E-state index in [0.29, 0.717) is 0 Å². The highest BCUT2D eigenvalue weighted by molar-refractivity contribution is 5.32. The van der Waals surface area contributed by atoms with Gasteiger partial charge in [0.05, 0.1) is 5.69 Å². The summed E-state index contributed by atoms with van der Waals surface area (Å²) in [6.07, 6.45) is 4.90. The topological polar surface area (TPSA) is 43.8 Å². The van der Waals surface area contributed by atoms with Gasteiger partial charge >= 0.3 is 0 Å². The van der Waals surface area contributed by atoms with Crippen LogP contribution in [0, 0.1) is 13.8 Å². The Kier molecular flexibility index (Phi) is 3.85. The van der Waals surface area contributed by atoms with Crippen molar-refractivity contribution in [1.29, 1.82) is 0 Å². The smallest absolute Gasteiger partial charge is 0.0629 e. The van der Waals surface area contributed by atoms with E-state index in [9.17, 15) is 0 Å². The first-order valence-corrected chi connectivity index (χ1v) is 7.90. The van der Waals surface area contributed by atoms with E-state index in [1.54, 1.807) is 0 Å². The maximum atomic E-state index is 6.47. The lowest BCUT2D eigenvalue weighted by molar-refractivity contribution is 0.419. The summed E-state index contributed by atoms with van der Waals surface area (Å²) < 4.78 is 1.95. The van der Waals surface area contributed by atoms with Crippen molar-refractivity contribution in [3.63, 3.8) is 0 Å². The van der Waals surface area contributed by atoms with Crippen molar-refractivity contribution in [2.75, 3.05) is 0 Å². The second-order valence-electron chi connectivity index (χ2n) is 6.38. The van der Waals surface area contributed by atoms with Gasteiger partial charge in [-0.1, -0.05) is 30.7 Å². The maximum absolute atomic E-state index is 6.47. The molecule has 2 N–H and O–H groups in total. The van der Waals surface area contributed by atoms with Gasteiger partial charge in [-0.3, -0.25) is 4.68 Å². The molecule has 1 fully saturated rings. The summed E-state index contributed by atoms with van der Waals surface area (Å²) in [6.45, 7) is 4.19. The molecule has 0 aliphatic heterocycles. The van der Waals surface area contributed by atoms with Crippen LogP contribution in [0.2, 0.25) is 0 Å². The monoisotopic (exact) mass is 283 g/mol. The van der Waals surface area contributed by atoms with E-state index in [1.165, 1.54) is 41.6 Å². The predicted molar refractivity (Wildman–Crippen MR) is 86.3 cm³/mol. The molecule has 21 heavy (non-hydrogen) atoms. The number of rotatable bonds is 4. The molecule has 0 amide bonds. The van der Waals surface area contributed by atoms with Gasteiger partial charge in [-0.2, -0.15) is 5.10 Å². The van der Waals surface area contributed by atoms with Crippen LogP contribution in [0.15, 0.2) is 24.3 Å². The molecular formula is C18H25N3. The standard InChI is InChI=1S/C18H25N3/c1-12-17(13(2)21(3)20-12)11-18(19)16-9-5-8-15(10-16)14-6-4-7-14/h5,8-10,14,18H,4,6-7,11,19H2,1-3H3. The summed E-state index contributed by atoms with van der Waals surface area (Å²) in [5.74, 6) is 0.763. The summed E-state index contributed by atoms with van der Waals surface area (Å²) in [5, 5.41) is 4.49. The van der Waals surface area contributed by atoms with Gasteiger partial charge in [-0.15, -0.1) is 0 Å². The number of hydrogen-bond donors (Lipinski definition) is 1. The van der Waals surface area contributed by atoms with Crippen molar-refractivity contribution in [3.8, 4) is 0 Å². The second-order valence-corrected chi connectivity index (χ2v) is 6.38. The minimum Gasteiger partial charge on any atom is -0.324 e. The number of aryl methyl sites for hydroxylation is 2. The average Bonchev–Trinajstić information content (AvgIpc) is 2.64. The van der Waals surface area contributed by atoms with Crippen LogP contribution in [-0.2, 0) is 13.5 Å². The molecule has 2 aromatic rings. The molecule has 0 saturated heterocycles. The molecule has 1 aliphatic rings. The molecular weight excluding hydrogens is 258 g/mol. The van der Waals surface area contributed by atoms with Crippen molar-refractivity contribution in [1.82, 2.24) is 9.78 Å². The Balaban J connectivity index is 1.80. The van der Waals surface area contributed by atoms with Crippen molar-refractivity contribution in [2.45, 2.75) is 51.5 Å². The van der Waals surface area contributed by atoms with Crippen molar-refractivity contribution in [3.05, 3.63) is 52.3 Å². The number of benzene rings is 1. The highest BCUT2D eigenvalue weighted by Crippen LogP contribution is 2.37. The molecule has 112 valence electrons. The highest BCUT2D eigenvalue weighted by atomic mass is 15.3. The zero-order valence-corrected chi connectivity index (χ0v) is 13.3. The molecule has 0 spiro atoms. The van der Waals surface area contributed by atoms with Crippen LogP contribution in [0.5, 0.6) is 0 Å². The van der Waals surface area contributed by atoms with Gasteiger partial charge in [-0.05, 0) is 55.7 Å². The first-order valence-electron chi connectivity index (χ1n) is 7.90. The Labute approximate surface area is 127 Å². The van der Waals surface area contributed by atoms with Crippen LogP contribution in [0.4, 0.5) is 0 Å². The van der Waals surface area contributed by atoms with E-state index in [4.69, 9.17) is 5.73 Å². The minimum atomic E-state index is 0.0478. The maximum Gasteiger partial charge on any atom is 0.0629 e. The molecule has 1 heterocycles. The molecule has 1 aliphatic carbocycles. The zero-order valence-electron chi connectivity index (χ0n) is 13.3. The van der Waals surface area contributed by atoms with Crippen LogP contribution in [0.3, 0.4) is 0 Å². The number of hydrogen-bond acceptors (Lipinski definition) is 2. The third-order valence-electron chi connectivity index (χ3n) is 5.00. The fourth-order valence-corrected chi connectivity index (χ4v) is 3.24. The van der Waals surface area contributed by atoms with Crippen molar-refractivity contribution in [2.24, 2.45) is 12.8 Å². The fourth-order valence-electron chi connectivity index (χ4n) is 3.24. The zero-order chi connectivity index (χ0) is 15.0. The van der Waals surface area contributed by atoms with Gasteiger partial charge < -0.3 is 5.73 Å². The Morgan fingerprint density at radius 2 is 2.10 bits per heavy atom. The van der Waals surface area contributed by atoms with Crippen LogP contribution < -0.4 is 5.73 Å². The summed E-state index contributed by atoms with van der Waals surface area (Å²) >= 11 is 0. The van der Waals surface area contributed by atoms with Gasteiger partial charge in [0.2, 0.25) is 0 Å². The second kappa shape index (κ2) is 5.64. The molecule has 0 radical (unpaired) electrons. The minimum absolute atomic E-state index is 0.0478. The molecule has 3 nitrogen and oxygen atoms in total. The highest BCUT2D eigenvalue weighted by Gasteiger charge is 2.21. The Morgan fingerprint density at radius 1 is 1.33 bits per heavy atom. The van der Waals surface area contributed by atoms with Crippen LogP contribution in [-0.4, -0.2) is 9.78 Å². The lowest BCUT2D eigenvalue weighted by atomic mass is 9.79. The van der Waals surface area contributed by atoms with E-state index in [-0.39, 0.29) is 6.04 Å². The van der Waals surface area contributed by atoms with E-state index < -0.39 is 0 Å². The molecule has 1 saturated carbocycles. The third-order valence-corrected chi connectivity index (χ3v) is 5.00. The van der Waals surface area contributed by atoms with Gasteiger partial charge in [0.1, 0.15) is 0 Å². The molecule has 3 rings (SSSR count). The largest absolute Gasteiger partial charge is 0.324 e. The van der Waals surface area contributed by atoms with Gasteiger partial charge in [0.25, 0.3) is 0 Å². The predicted octanol–water partition coefficient (Wildman–Crippen LogP) is 3.55. The van der Waals surface area contributed by atoms with E-state index in [0.717, 1.165) is 18.0 Å². The van der Waals surface area contributed by atoms with Gasteiger partial charge in [-0.25, -0.2) is 0 Å². The number of nitrogens with zero attached hydrogens (tertiary/aromatic N) is 2. The third kappa shape index (κ3) is 2.75. The normalized spacial score (nSPS) is 16.8. The summed E-state index contributed by atoms with van der Waals surface area (Å²) in [7, 11) is 1.99. The summed E-state index contributed by atoms with van der Waals surface area (Å²) in [6, 6.07) is 8.93. The van der Waals surface area contributed by atoms with Crippen LogP contribution in [0.1, 0.15) is 59.3 Å². The molecule has 3 heteroatoms. The van der Waals surface area contributed by atoms with Gasteiger partial charge in [0.15, 0.2) is 0 Å². The van der Waals surface area contributed by atoms with Crippen molar-refractivity contribution >= 4 is 0 Å². The lowest BCUT2D eigenvalue weighted by Crippen LogP contribution is -2.16. The van der Waals surface area contributed by atoms with Crippen molar-refractivity contribution < 1.29 is 0 Å². The Morgan fingerprint density at radius 3 is 2.67 bits per heavy atom. The SMILES string of the molecule is Cc1nn(C)c(C)c1CC(N)c1cccc(C2CCC2)c1. The number of nitrogens with two attached hydrogens (primary N) is 1. The van der Waals surface area contributed by atoms with E-state index in [1.807, 2.05) is 11.7 Å². The quantitative estimate of drug-likeness (QED) is 0.932. The number of aromatic nitrogens is 2. The van der Waals surface area contributed by atoms with Crippen LogP contribution >= 0.6 is 0 Å². The molecule has 1 aromatic carbocycles. The Bertz CT molecular complexity index is 638. The molecule has 1 atom stereocenters. The fraction of sp³-hybridized carbons (Fsp3) is 0.500. The lowest BCUT2D eigenvalue weighted by Gasteiger charge is -2.26. The molecule has 1 aromatic heterocycles.